The van der Waals surface area contributed by atoms with Gasteiger partial charge < -0.3 is 14.6 Å². The number of rotatable bonds is 7. The van der Waals surface area contributed by atoms with Crippen molar-refractivity contribution in [2.45, 2.75) is 6.04 Å². The van der Waals surface area contributed by atoms with Gasteiger partial charge in [-0.15, -0.1) is 0 Å². The molecule has 12 rings (SSSR count). The fourth-order valence-electron chi connectivity index (χ4n) is 9.23. The Morgan fingerprint density at radius 2 is 0.984 bits per heavy atom. The minimum atomic E-state index is -0.220. The summed E-state index contributed by atoms with van der Waals surface area (Å²) in [6.07, 6.45) is 0. The minimum Gasteiger partial charge on any atom is -0.456 e. The van der Waals surface area contributed by atoms with Crippen molar-refractivity contribution in [3.05, 3.63) is 241 Å². The highest BCUT2D eigenvalue weighted by Gasteiger charge is 2.29. The highest BCUT2D eigenvalue weighted by molar-refractivity contribution is 6.13. The van der Waals surface area contributed by atoms with Crippen LogP contribution in [0.25, 0.3) is 65.7 Å². The molecule has 0 radical (unpaired) electrons. The molecule has 0 saturated carbocycles. The van der Waals surface area contributed by atoms with Gasteiger partial charge >= 0.3 is 0 Å². The van der Waals surface area contributed by atoms with E-state index < -0.39 is 0 Å². The molecule has 11 aromatic rings. The van der Waals surface area contributed by atoms with Gasteiger partial charge in [-0.2, -0.15) is 0 Å². The van der Waals surface area contributed by atoms with Crippen molar-refractivity contribution in [2.75, 3.05) is 4.90 Å². The van der Waals surface area contributed by atoms with Gasteiger partial charge in [0.25, 0.3) is 0 Å². The SMILES string of the molecule is c1ccc(-c2ccc(N(c3cccc(C4=Nc5ccccc5C(c5cc(-c6ccccc6)cc6oc7cc8ccccc8cc7c56)N4)c3)c3ccc4ccccc4c3)cc2)cc1. The second-order valence-corrected chi connectivity index (χ2v) is 16.0. The number of hydrogen-bond acceptors (Lipinski definition) is 4. The Balaban J connectivity index is 1.01. The molecule has 4 heteroatoms. The monoisotopic (exact) mass is 793 g/mol. The van der Waals surface area contributed by atoms with E-state index in [2.05, 4.69) is 235 Å². The van der Waals surface area contributed by atoms with Gasteiger partial charge in [0.2, 0.25) is 0 Å². The Kier molecular flexibility index (Phi) is 8.53. The molecule has 2 heterocycles. The number of nitrogens with one attached hydrogen (secondary N) is 1. The minimum absolute atomic E-state index is 0.220. The Morgan fingerprint density at radius 3 is 1.76 bits per heavy atom. The molecule has 0 saturated heterocycles. The van der Waals surface area contributed by atoms with Crippen molar-refractivity contribution in [3.8, 4) is 22.3 Å². The van der Waals surface area contributed by atoms with E-state index in [9.17, 15) is 0 Å². The zero-order valence-electron chi connectivity index (χ0n) is 33.7. The summed E-state index contributed by atoms with van der Waals surface area (Å²) < 4.78 is 6.78. The molecule has 1 aromatic heterocycles. The maximum atomic E-state index is 6.78. The Hall–Kier alpha value is -8.21. The van der Waals surface area contributed by atoms with Crippen LogP contribution in [0.2, 0.25) is 0 Å². The van der Waals surface area contributed by atoms with Crippen LogP contribution in [0.4, 0.5) is 22.7 Å². The van der Waals surface area contributed by atoms with Crippen LogP contribution in [0.5, 0.6) is 0 Å². The van der Waals surface area contributed by atoms with Gasteiger partial charge in [0.15, 0.2) is 0 Å². The fourth-order valence-corrected chi connectivity index (χ4v) is 9.23. The number of anilines is 3. The summed E-state index contributed by atoms with van der Waals surface area (Å²) in [6.45, 7) is 0. The summed E-state index contributed by atoms with van der Waals surface area (Å²) in [5, 5.41) is 10.9. The first-order valence-electron chi connectivity index (χ1n) is 21.1. The van der Waals surface area contributed by atoms with Crippen LogP contribution >= 0.6 is 0 Å². The largest absolute Gasteiger partial charge is 0.456 e. The van der Waals surface area contributed by atoms with E-state index in [1.54, 1.807) is 0 Å². The normalized spacial score (nSPS) is 13.5. The molecule has 0 spiro atoms. The van der Waals surface area contributed by atoms with Crippen LogP contribution < -0.4 is 10.2 Å². The first-order chi connectivity index (χ1) is 30.7. The van der Waals surface area contributed by atoms with Crippen molar-refractivity contribution >= 4 is 72.1 Å². The quantitative estimate of drug-likeness (QED) is 0.175. The molecule has 0 fully saturated rings. The lowest BCUT2D eigenvalue weighted by molar-refractivity contribution is 0.668. The van der Waals surface area contributed by atoms with Crippen LogP contribution in [0, 0.1) is 0 Å². The van der Waals surface area contributed by atoms with Crippen LogP contribution in [0.15, 0.2) is 234 Å². The second-order valence-electron chi connectivity index (χ2n) is 16.0. The highest BCUT2D eigenvalue weighted by atomic mass is 16.3. The third kappa shape index (κ3) is 6.29. The maximum absolute atomic E-state index is 6.78. The molecule has 292 valence electrons. The predicted molar refractivity (Wildman–Crippen MR) is 258 cm³/mol. The lowest BCUT2D eigenvalue weighted by Gasteiger charge is -2.30. The summed E-state index contributed by atoms with van der Waals surface area (Å²) in [7, 11) is 0. The zero-order valence-corrected chi connectivity index (χ0v) is 33.7. The molecule has 4 nitrogen and oxygen atoms in total. The summed E-state index contributed by atoms with van der Waals surface area (Å²) in [5.74, 6) is 0.810. The van der Waals surface area contributed by atoms with E-state index in [4.69, 9.17) is 9.41 Å². The van der Waals surface area contributed by atoms with Gasteiger partial charge in [-0.05, 0) is 116 Å². The van der Waals surface area contributed by atoms with E-state index >= 15 is 0 Å². The smallest absolute Gasteiger partial charge is 0.136 e. The van der Waals surface area contributed by atoms with E-state index in [1.165, 1.54) is 27.3 Å². The number of para-hydroxylation sites is 1. The molecule has 1 aliphatic heterocycles. The number of hydrogen-bond donors (Lipinski definition) is 1. The van der Waals surface area contributed by atoms with Gasteiger partial charge in [-0.1, -0.05) is 158 Å². The van der Waals surface area contributed by atoms with E-state index in [1.807, 2.05) is 0 Å². The molecule has 0 aliphatic carbocycles. The molecule has 1 unspecified atom stereocenters. The van der Waals surface area contributed by atoms with Crippen LogP contribution in [-0.2, 0) is 0 Å². The maximum Gasteiger partial charge on any atom is 0.136 e. The van der Waals surface area contributed by atoms with Gasteiger partial charge in [-0.3, -0.25) is 0 Å². The van der Waals surface area contributed by atoms with E-state index in [-0.39, 0.29) is 6.04 Å². The first-order valence-corrected chi connectivity index (χ1v) is 21.1. The predicted octanol–water partition coefficient (Wildman–Crippen LogP) is 15.5. The standard InChI is InChI=1S/C58H39N3O/c1-3-14-38(15-4-1)41-26-29-47(30-27-41)61(49-31-28-40-18-7-8-19-42(40)32-49)48-23-13-22-45(33-48)58-59-53-25-12-11-24-50(53)57(60-58)52-35-46(39-16-5-2-6-17-39)37-55-56(52)51-34-43-20-9-10-21-44(43)36-54(51)62-55/h1-37,57H,(H,59,60). The molecular formula is C58H39N3O. The summed E-state index contributed by atoms with van der Waals surface area (Å²) in [5.41, 5.74) is 13.7. The van der Waals surface area contributed by atoms with Crippen LogP contribution in [0.3, 0.4) is 0 Å². The number of amidine groups is 1. The summed E-state index contributed by atoms with van der Waals surface area (Å²) >= 11 is 0. The molecule has 0 bridgehead atoms. The number of nitrogens with zero attached hydrogens (tertiary/aromatic N) is 2. The fraction of sp³-hybridized carbons (Fsp3) is 0.0172. The zero-order chi connectivity index (χ0) is 41.0. The average molecular weight is 794 g/mol. The van der Waals surface area contributed by atoms with Crippen LogP contribution in [-0.4, -0.2) is 5.84 Å². The number of furan rings is 1. The van der Waals surface area contributed by atoms with Crippen molar-refractivity contribution in [1.29, 1.82) is 0 Å². The van der Waals surface area contributed by atoms with Gasteiger partial charge in [-0.25, -0.2) is 4.99 Å². The molecule has 1 aliphatic rings. The molecule has 0 amide bonds. The van der Waals surface area contributed by atoms with Crippen molar-refractivity contribution < 1.29 is 4.42 Å². The van der Waals surface area contributed by atoms with E-state index in [0.717, 1.165) is 83.7 Å². The van der Waals surface area contributed by atoms with Gasteiger partial charge in [0.05, 0.1) is 11.7 Å². The van der Waals surface area contributed by atoms with Crippen LogP contribution in [0.1, 0.15) is 22.7 Å². The lowest BCUT2D eigenvalue weighted by Crippen LogP contribution is -2.33. The average Bonchev–Trinajstić information content (AvgIpc) is 3.70. The topological polar surface area (TPSA) is 40.8 Å². The summed E-state index contributed by atoms with van der Waals surface area (Å²) in [6, 6.07) is 79.8. The Labute approximate surface area is 359 Å². The molecule has 1 atom stereocenters. The summed E-state index contributed by atoms with van der Waals surface area (Å²) in [4.78, 5) is 7.68. The van der Waals surface area contributed by atoms with Gasteiger partial charge in [0, 0.05) is 39.0 Å². The van der Waals surface area contributed by atoms with Gasteiger partial charge in [0.1, 0.15) is 17.0 Å². The molecular weight excluding hydrogens is 755 g/mol. The molecule has 1 N–H and O–H groups in total. The van der Waals surface area contributed by atoms with Crippen molar-refractivity contribution in [2.24, 2.45) is 4.99 Å². The van der Waals surface area contributed by atoms with Crippen molar-refractivity contribution in [3.63, 3.8) is 0 Å². The molecule has 62 heavy (non-hydrogen) atoms. The van der Waals surface area contributed by atoms with Crippen molar-refractivity contribution in [1.82, 2.24) is 5.32 Å². The second kappa shape index (κ2) is 14.8. The Bertz CT molecular complexity index is 3500. The first kappa shape index (κ1) is 35.7. The third-order valence-electron chi connectivity index (χ3n) is 12.3. The number of benzene rings is 10. The number of fused-ring (bicyclic) bond motifs is 6. The Morgan fingerprint density at radius 1 is 0.387 bits per heavy atom. The number of aliphatic imine (C=N–C) groups is 1. The third-order valence-corrected chi connectivity index (χ3v) is 12.3. The lowest BCUT2D eigenvalue weighted by atomic mass is 9.89. The highest BCUT2D eigenvalue weighted by Crippen LogP contribution is 2.44. The molecule has 10 aromatic carbocycles. The van der Waals surface area contributed by atoms with E-state index in [0.29, 0.717) is 0 Å².